The Balaban J connectivity index is 1.80. The molecule has 0 radical (unpaired) electrons. The number of fused-ring (bicyclic) bond motifs is 1. The van der Waals surface area contributed by atoms with Gasteiger partial charge in [-0.05, 0) is 53.1 Å². The molecule has 2 N–H and O–H groups in total. The van der Waals surface area contributed by atoms with E-state index in [1.165, 1.54) is 11.3 Å². The number of nitrogens with one attached hydrogen (secondary N) is 1. The van der Waals surface area contributed by atoms with Gasteiger partial charge in [0.1, 0.15) is 5.75 Å². The molecule has 0 saturated heterocycles. The molecule has 3 heterocycles. The zero-order valence-electron chi connectivity index (χ0n) is 17.9. The lowest BCUT2D eigenvalue weighted by atomic mass is 9.87. The summed E-state index contributed by atoms with van der Waals surface area (Å²) in [7, 11) is 3.44. The molecule has 2 aromatic carbocycles. The fourth-order valence-corrected chi connectivity index (χ4v) is 5.30. The average molecular weight is 478 g/mol. The topological polar surface area (TPSA) is 80.1 Å². The maximum absolute atomic E-state index is 12.4. The number of pyridine rings is 1. The summed E-state index contributed by atoms with van der Waals surface area (Å²) in [4.78, 5) is 20.2. The van der Waals surface area contributed by atoms with Crippen molar-refractivity contribution in [3.05, 3.63) is 104 Å². The quantitative estimate of drug-likeness (QED) is 0.376. The molecular formula is C25H20ClN3O3S. The number of benzene rings is 2. The fraction of sp³-hybridized carbons (Fsp3) is 0.120. The summed E-state index contributed by atoms with van der Waals surface area (Å²) in [6.07, 6.45) is 3.30. The number of aromatic nitrogens is 3. The molecule has 3 aromatic heterocycles. The van der Waals surface area contributed by atoms with Crippen LogP contribution in [0.15, 0.2) is 78.0 Å². The molecule has 5 rings (SSSR count). The third-order valence-corrected chi connectivity index (χ3v) is 7.10. The molecule has 0 amide bonds. The number of aliphatic hydroxyl groups is 1. The van der Waals surface area contributed by atoms with Gasteiger partial charge in [0, 0.05) is 28.9 Å². The Hall–Kier alpha value is -3.39. The van der Waals surface area contributed by atoms with E-state index in [1.807, 2.05) is 55.6 Å². The van der Waals surface area contributed by atoms with E-state index < -0.39 is 5.60 Å². The van der Waals surface area contributed by atoms with Gasteiger partial charge in [0.25, 0.3) is 0 Å². The maximum Gasteiger partial charge on any atom is 0.249 e. The van der Waals surface area contributed by atoms with Crippen molar-refractivity contribution in [2.24, 2.45) is 7.05 Å². The van der Waals surface area contributed by atoms with Crippen LogP contribution in [0, 0.1) is 0 Å². The summed E-state index contributed by atoms with van der Waals surface area (Å²) in [5.74, 6) is 0.691. The van der Waals surface area contributed by atoms with Gasteiger partial charge in [-0.1, -0.05) is 29.8 Å². The van der Waals surface area contributed by atoms with Crippen molar-refractivity contribution in [3.63, 3.8) is 0 Å². The van der Waals surface area contributed by atoms with E-state index in [0.29, 0.717) is 31.7 Å². The first-order valence-electron chi connectivity index (χ1n) is 10.2. The molecular weight excluding hydrogens is 458 g/mol. The van der Waals surface area contributed by atoms with Crippen LogP contribution in [0.5, 0.6) is 5.75 Å². The van der Waals surface area contributed by atoms with Crippen molar-refractivity contribution in [3.8, 4) is 16.9 Å². The van der Waals surface area contributed by atoms with Gasteiger partial charge in [-0.25, -0.2) is 4.98 Å². The van der Waals surface area contributed by atoms with Crippen LogP contribution in [0.4, 0.5) is 0 Å². The summed E-state index contributed by atoms with van der Waals surface area (Å²) in [6, 6.07) is 18.2. The molecule has 0 spiro atoms. The Bertz CT molecular complexity index is 1540. The molecule has 0 fully saturated rings. The molecule has 0 aliphatic carbocycles. The molecule has 166 valence electrons. The predicted octanol–water partition coefficient (Wildman–Crippen LogP) is 4.94. The van der Waals surface area contributed by atoms with Crippen molar-refractivity contribution in [2.75, 3.05) is 7.11 Å². The van der Waals surface area contributed by atoms with E-state index in [2.05, 4.69) is 9.97 Å². The minimum atomic E-state index is -1.49. The summed E-state index contributed by atoms with van der Waals surface area (Å²) in [6.45, 7) is 0. The number of ether oxygens (including phenoxy) is 1. The van der Waals surface area contributed by atoms with E-state index in [1.54, 1.807) is 36.3 Å². The van der Waals surface area contributed by atoms with Crippen LogP contribution in [0.3, 0.4) is 0 Å². The number of halogens is 1. The smallest absolute Gasteiger partial charge is 0.249 e. The number of imidazole rings is 1. The Morgan fingerprint density at radius 2 is 2.00 bits per heavy atom. The van der Waals surface area contributed by atoms with Crippen LogP contribution in [0.2, 0.25) is 4.34 Å². The maximum atomic E-state index is 12.4. The lowest BCUT2D eigenvalue weighted by molar-refractivity contribution is 0.121. The normalized spacial score (nSPS) is 13.2. The highest BCUT2D eigenvalue weighted by Gasteiger charge is 2.38. The number of hydrogen-bond acceptors (Lipinski definition) is 5. The SMILES string of the molecule is COc1cccc(-c2cc(=O)[nH]c3ccc(C(O)(c4ccc(Cl)s4)c4cncn4C)cc23)c1. The van der Waals surface area contributed by atoms with Crippen LogP contribution in [0.25, 0.3) is 22.0 Å². The lowest BCUT2D eigenvalue weighted by Gasteiger charge is -2.28. The zero-order valence-corrected chi connectivity index (χ0v) is 19.4. The molecule has 0 bridgehead atoms. The van der Waals surface area contributed by atoms with Gasteiger partial charge in [-0.2, -0.15) is 0 Å². The zero-order chi connectivity index (χ0) is 23.2. The standard InChI is InChI=1S/C25H20ClN3O3S/c1-29-14-27-13-21(29)25(31,22-8-9-23(26)33-22)16-6-7-20-19(11-16)18(12-24(30)28-20)15-4-3-5-17(10-15)32-2/h3-14,31H,1-2H3,(H,28,30). The van der Waals surface area contributed by atoms with Gasteiger partial charge in [0.05, 0.1) is 29.7 Å². The monoisotopic (exact) mass is 477 g/mol. The van der Waals surface area contributed by atoms with Crippen molar-refractivity contribution in [1.82, 2.24) is 14.5 Å². The average Bonchev–Trinajstić information content (AvgIpc) is 3.46. The van der Waals surface area contributed by atoms with Crippen molar-refractivity contribution in [1.29, 1.82) is 0 Å². The number of thiophene rings is 1. The number of aromatic amines is 1. The first-order valence-corrected chi connectivity index (χ1v) is 11.4. The predicted molar refractivity (Wildman–Crippen MR) is 131 cm³/mol. The van der Waals surface area contributed by atoms with Gasteiger partial charge >= 0.3 is 0 Å². The van der Waals surface area contributed by atoms with E-state index in [9.17, 15) is 9.90 Å². The third kappa shape index (κ3) is 3.64. The second-order valence-corrected chi connectivity index (χ2v) is 9.46. The van der Waals surface area contributed by atoms with Gasteiger partial charge < -0.3 is 19.4 Å². The molecule has 6 nitrogen and oxygen atoms in total. The van der Waals surface area contributed by atoms with Gasteiger partial charge in [-0.3, -0.25) is 4.79 Å². The number of rotatable bonds is 5. The molecule has 1 unspecified atom stereocenters. The highest BCUT2D eigenvalue weighted by Crippen LogP contribution is 2.42. The van der Waals surface area contributed by atoms with Crippen LogP contribution in [-0.4, -0.2) is 26.8 Å². The largest absolute Gasteiger partial charge is 0.497 e. The minimum Gasteiger partial charge on any atom is -0.497 e. The number of nitrogens with zero attached hydrogens (tertiary/aromatic N) is 2. The second-order valence-electron chi connectivity index (χ2n) is 7.74. The van der Waals surface area contributed by atoms with E-state index in [0.717, 1.165) is 16.5 Å². The Kier molecular flexibility index (Phi) is 5.32. The van der Waals surface area contributed by atoms with E-state index in [4.69, 9.17) is 16.3 Å². The molecule has 33 heavy (non-hydrogen) atoms. The Morgan fingerprint density at radius 1 is 1.15 bits per heavy atom. The van der Waals surface area contributed by atoms with E-state index in [-0.39, 0.29) is 5.56 Å². The van der Waals surface area contributed by atoms with Gasteiger partial charge in [0.2, 0.25) is 5.56 Å². The summed E-state index contributed by atoms with van der Waals surface area (Å²) >= 11 is 7.54. The highest BCUT2D eigenvalue weighted by atomic mass is 35.5. The van der Waals surface area contributed by atoms with Crippen LogP contribution < -0.4 is 10.3 Å². The van der Waals surface area contributed by atoms with Crippen LogP contribution >= 0.6 is 22.9 Å². The van der Waals surface area contributed by atoms with E-state index >= 15 is 0 Å². The number of H-pyrrole nitrogens is 1. The first-order chi connectivity index (χ1) is 15.9. The summed E-state index contributed by atoms with van der Waals surface area (Å²) in [5.41, 5.74) is 1.79. The Labute approximate surface area is 198 Å². The molecule has 0 aliphatic rings. The van der Waals surface area contributed by atoms with Gasteiger partial charge in [-0.15, -0.1) is 11.3 Å². The fourth-order valence-electron chi connectivity index (χ4n) is 4.14. The van der Waals surface area contributed by atoms with Crippen LogP contribution in [0.1, 0.15) is 16.1 Å². The number of methoxy groups -OCH3 is 1. The number of hydrogen-bond donors (Lipinski definition) is 2. The summed E-state index contributed by atoms with van der Waals surface area (Å²) < 4.78 is 7.73. The minimum absolute atomic E-state index is 0.208. The van der Waals surface area contributed by atoms with Crippen molar-refractivity contribution in [2.45, 2.75) is 5.60 Å². The Morgan fingerprint density at radius 3 is 2.70 bits per heavy atom. The van der Waals surface area contributed by atoms with Gasteiger partial charge in [0.15, 0.2) is 5.60 Å². The molecule has 0 saturated carbocycles. The number of aryl methyl sites for hydroxylation is 1. The van der Waals surface area contributed by atoms with Crippen molar-refractivity contribution < 1.29 is 9.84 Å². The molecule has 5 aromatic rings. The molecule has 1 atom stereocenters. The third-order valence-electron chi connectivity index (χ3n) is 5.76. The molecule has 8 heteroatoms. The lowest BCUT2D eigenvalue weighted by Crippen LogP contribution is -2.30. The van der Waals surface area contributed by atoms with Crippen LogP contribution in [-0.2, 0) is 12.6 Å². The summed E-state index contributed by atoms with van der Waals surface area (Å²) in [5, 5.41) is 13.0. The molecule has 0 aliphatic heterocycles. The highest BCUT2D eigenvalue weighted by molar-refractivity contribution is 7.16. The first kappa shape index (κ1) is 21.5. The van der Waals surface area contributed by atoms with Crippen molar-refractivity contribution >= 4 is 33.8 Å². The second kappa shape index (κ2) is 8.19.